The first-order chi connectivity index (χ1) is 13.3. The third-order valence-corrected chi connectivity index (χ3v) is 6.29. The monoisotopic (exact) mass is 404 g/mol. The summed E-state index contributed by atoms with van der Waals surface area (Å²) in [6, 6.07) is 6.87. The first-order valence-electron chi connectivity index (χ1n) is 9.66. The van der Waals surface area contributed by atoms with Crippen LogP contribution in [0.15, 0.2) is 24.3 Å². The lowest BCUT2D eigenvalue weighted by Gasteiger charge is -2.35. The summed E-state index contributed by atoms with van der Waals surface area (Å²) in [6.45, 7) is 2.76. The number of carbonyl (C=O) groups excluding carboxylic acids is 4. The number of halogens is 1. The van der Waals surface area contributed by atoms with Gasteiger partial charge in [0.1, 0.15) is 5.78 Å². The van der Waals surface area contributed by atoms with Crippen molar-refractivity contribution in [2.24, 2.45) is 5.92 Å². The molecule has 0 unspecified atom stereocenters. The molecule has 0 radical (unpaired) electrons. The molecule has 3 rings (SSSR count). The Balaban J connectivity index is 1.90. The normalized spacial score (nSPS) is 25.3. The van der Waals surface area contributed by atoms with E-state index in [1.54, 1.807) is 29.2 Å². The molecule has 2 heterocycles. The number of hydrogen-bond donors (Lipinski definition) is 0. The fraction of sp³-hybridized carbons (Fsp3) is 0.524. The zero-order valence-electron chi connectivity index (χ0n) is 16.2. The van der Waals surface area contributed by atoms with Crippen LogP contribution in [0.5, 0.6) is 0 Å². The van der Waals surface area contributed by atoms with Crippen LogP contribution in [-0.4, -0.2) is 53.4 Å². The van der Waals surface area contributed by atoms with Gasteiger partial charge in [0.2, 0.25) is 17.7 Å². The van der Waals surface area contributed by atoms with Gasteiger partial charge >= 0.3 is 0 Å². The maximum absolute atomic E-state index is 13.1. The van der Waals surface area contributed by atoms with E-state index in [2.05, 4.69) is 0 Å². The average molecular weight is 405 g/mol. The standard InChI is InChI=1S/C21H25ClN2O4/c1-3-17(25)14-7-6-10-24(13-14)19(27)12-21(11-18(26)23(2)20(21)28)15-8-4-5-9-16(15)22/h4-5,8-9,14H,3,6-7,10-13H2,1-2H3/t14-,21+/m1/s1. The lowest BCUT2D eigenvalue weighted by atomic mass is 9.75. The Morgan fingerprint density at radius 2 is 1.96 bits per heavy atom. The average Bonchev–Trinajstić information content (AvgIpc) is 2.92. The lowest BCUT2D eigenvalue weighted by molar-refractivity contribution is -0.142. The van der Waals surface area contributed by atoms with E-state index in [-0.39, 0.29) is 36.4 Å². The number of rotatable bonds is 5. The highest BCUT2D eigenvalue weighted by Gasteiger charge is 2.53. The third kappa shape index (κ3) is 3.58. The van der Waals surface area contributed by atoms with E-state index in [0.717, 1.165) is 17.7 Å². The van der Waals surface area contributed by atoms with Crippen molar-refractivity contribution in [1.29, 1.82) is 0 Å². The van der Waals surface area contributed by atoms with Crippen LogP contribution in [0.2, 0.25) is 5.02 Å². The van der Waals surface area contributed by atoms with E-state index in [4.69, 9.17) is 11.6 Å². The molecule has 150 valence electrons. The molecule has 7 heteroatoms. The fourth-order valence-corrected chi connectivity index (χ4v) is 4.62. The van der Waals surface area contributed by atoms with Crippen molar-refractivity contribution < 1.29 is 19.2 Å². The number of ketones is 1. The SMILES string of the molecule is CCC(=O)[C@@H]1CCCN(C(=O)C[C@]2(c3ccccc3Cl)CC(=O)N(C)C2=O)C1. The van der Waals surface area contributed by atoms with Gasteiger partial charge in [-0.3, -0.25) is 24.1 Å². The van der Waals surface area contributed by atoms with Crippen molar-refractivity contribution in [2.75, 3.05) is 20.1 Å². The fourth-order valence-electron chi connectivity index (χ4n) is 4.30. The van der Waals surface area contributed by atoms with E-state index in [1.807, 2.05) is 6.92 Å². The predicted octanol–water partition coefficient (Wildman–Crippen LogP) is 2.57. The summed E-state index contributed by atoms with van der Waals surface area (Å²) in [6.07, 6.45) is 1.79. The molecule has 28 heavy (non-hydrogen) atoms. The predicted molar refractivity (Wildman–Crippen MR) is 105 cm³/mol. The van der Waals surface area contributed by atoms with Crippen molar-refractivity contribution in [3.8, 4) is 0 Å². The quantitative estimate of drug-likeness (QED) is 0.707. The van der Waals surface area contributed by atoms with Gasteiger partial charge in [-0.2, -0.15) is 0 Å². The molecule has 0 spiro atoms. The van der Waals surface area contributed by atoms with Gasteiger partial charge in [-0.15, -0.1) is 0 Å². The second-order valence-electron chi connectivity index (χ2n) is 7.67. The minimum atomic E-state index is -1.29. The molecule has 2 aliphatic rings. The van der Waals surface area contributed by atoms with Crippen LogP contribution >= 0.6 is 11.6 Å². The van der Waals surface area contributed by atoms with Gasteiger partial charge in [-0.05, 0) is 24.5 Å². The summed E-state index contributed by atoms with van der Waals surface area (Å²) in [5, 5.41) is 0.365. The second-order valence-corrected chi connectivity index (χ2v) is 8.08. The Bertz CT molecular complexity index is 824. The summed E-state index contributed by atoms with van der Waals surface area (Å²) < 4.78 is 0. The third-order valence-electron chi connectivity index (χ3n) is 5.96. The van der Waals surface area contributed by atoms with Gasteiger partial charge < -0.3 is 4.90 Å². The van der Waals surface area contributed by atoms with Crippen molar-refractivity contribution in [1.82, 2.24) is 9.80 Å². The highest BCUT2D eigenvalue weighted by Crippen LogP contribution is 2.42. The molecule has 2 saturated heterocycles. The minimum absolute atomic E-state index is 0.0804. The van der Waals surface area contributed by atoms with Crippen LogP contribution in [0.4, 0.5) is 0 Å². The number of likely N-dealkylation sites (N-methyl/N-ethyl adjacent to an activating group) is 1. The van der Waals surface area contributed by atoms with Gasteiger partial charge in [0.15, 0.2) is 0 Å². The van der Waals surface area contributed by atoms with Crippen LogP contribution in [0, 0.1) is 5.92 Å². The van der Waals surface area contributed by atoms with Crippen LogP contribution in [0.3, 0.4) is 0 Å². The molecule has 2 aliphatic heterocycles. The topological polar surface area (TPSA) is 74.8 Å². The van der Waals surface area contributed by atoms with Crippen LogP contribution in [-0.2, 0) is 24.6 Å². The summed E-state index contributed by atoms with van der Waals surface area (Å²) in [7, 11) is 1.44. The van der Waals surface area contributed by atoms with Gasteiger partial charge in [0.05, 0.1) is 5.41 Å². The van der Waals surface area contributed by atoms with E-state index in [0.29, 0.717) is 30.1 Å². The molecule has 3 amide bonds. The zero-order chi connectivity index (χ0) is 20.5. The molecule has 6 nitrogen and oxygen atoms in total. The van der Waals surface area contributed by atoms with Crippen LogP contribution in [0.25, 0.3) is 0 Å². The first kappa shape index (κ1) is 20.5. The van der Waals surface area contributed by atoms with E-state index < -0.39 is 11.3 Å². The number of likely N-dealkylation sites (tertiary alicyclic amines) is 2. The van der Waals surface area contributed by atoms with Crippen molar-refractivity contribution in [3.05, 3.63) is 34.9 Å². The molecule has 2 atom stereocenters. The van der Waals surface area contributed by atoms with Gasteiger partial charge in [-0.1, -0.05) is 36.7 Å². The van der Waals surface area contributed by atoms with Crippen LogP contribution < -0.4 is 0 Å². The molecule has 0 aliphatic carbocycles. The highest BCUT2D eigenvalue weighted by atomic mass is 35.5. The lowest BCUT2D eigenvalue weighted by Crippen LogP contribution is -2.46. The summed E-state index contributed by atoms with van der Waals surface area (Å²) in [5.74, 6) is -0.940. The van der Waals surface area contributed by atoms with Crippen LogP contribution in [0.1, 0.15) is 44.6 Å². The van der Waals surface area contributed by atoms with E-state index >= 15 is 0 Å². The smallest absolute Gasteiger partial charge is 0.240 e. The summed E-state index contributed by atoms with van der Waals surface area (Å²) in [4.78, 5) is 53.3. The molecular weight excluding hydrogens is 380 g/mol. The first-order valence-corrected chi connectivity index (χ1v) is 10.0. The van der Waals surface area contributed by atoms with E-state index in [9.17, 15) is 19.2 Å². The van der Waals surface area contributed by atoms with Crippen molar-refractivity contribution in [3.63, 3.8) is 0 Å². The number of piperidine rings is 1. The van der Waals surface area contributed by atoms with Crippen molar-refractivity contribution in [2.45, 2.75) is 44.4 Å². The second kappa shape index (κ2) is 8.03. The number of amides is 3. The number of benzene rings is 1. The Morgan fingerprint density at radius 3 is 2.57 bits per heavy atom. The Labute approximate surface area is 169 Å². The van der Waals surface area contributed by atoms with Gasteiger partial charge in [-0.25, -0.2) is 0 Å². The Kier molecular flexibility index (Phi) is 5.89. The molecule has 1 aromatic carbocycles. The number of imide groups is 1. The molecule has 0 N–H and O–H groups in total. The van der Waals surface area contributed by atoms with Gasteiger partial charge in [0.25, 0.3) is 0 Å². The number of hydrogen-bond acceptors (Lipinski definition) is 4. The number of nitrogens with zero attached hydrogens (tertiary/aromatic N) is 2. The molecule has 0 saturated carbocycles. The molecule has 2 fully saturated rings. The highest BCUT2D eigenvalue weighted by molar-refractivity contribution is 6.32. The molecule has 1 aromatic rings. The van der Waals surface area contributed by atoms with E-state index in [1.165, 1.54) is 7.05 Å². The molecular formula is C21H25ClN2O4. The molecule has 0 aromatic heterocycles. The number of carbonyl (C=O) groups is 4. The number of Topliss-reactive ketones (excluding diaryl/α,β-unsaturated/α-hetero) is 1. The Morgan fingerprint density at radius 1 is 1.25 bits per heavy atom. The maximum Gasteiger partial charge on any atom is 0.240 e. The van der Waals surface area contributed by atoms with Gasteiger partial charge in [0, 0.05) is 50.3 Å². The molecule has 0 bridgehead atoms. The minimum Gasteiger partial charge on any atom is -0.342 e. The summed E-state index contributed by atoms with van der Waals surface area (Å²) in [5.41, 5.74) is -0.783. The Hall–Kier alpha value is -2.21. The summed E-state index contributed by atoms with van der Waals surface area (Å²) >= 11 is 6.36. The maximum atomic E-state index is 13.1. The largest absolute Gasteiger partial charge is 0.342 e. The van der Waals surface area contributed by atoms with Crippen molar-refractivity contribution >= 4 is 35.1 Å². The zero-order valence-corrected chi connectivity index (χ0v) is 17.0.